The van der Waals surface area contributed by atoms with Gasteiger partial charge in [-0.15, -0.1) is 0 Å². The maximum Gasteiger partial charge on any atom is 0.260 e. The molecule has 27 heavy (non-hydrogen) atoms. The van der Waals surface area contributed by atoms with Crippen LogP contribution in [0.15, 0.2) is 54.9 Å². The molecule has 6 heteroatoms. The van der Waals surface area contributed by atoms with Gasteiger partial charge in [-0.1, -0.05) is 24.3 Å². The smallest absolute Gasteiger partial charge is 0.260 e. The summed E-state index contributed by atoms with van der Waals surface area (Å²) in [5.41, 5.74) is 2.62. The fourth-order valence-electron chi connectivity index (χ4n) is 2.84. The molecule has 0 saturated heterocycles. The fraction of sp³-hybridized carbons (Fsp3) is 0.286. The minimum Gasteiger partial charge on any atom is -0.481 e. The molecule has 0 spiro atoms. The maximum atomic E-state index is 12.2. The van der Waals surface area contributed by atoms with Crippen LogP contribution in [0.3, 0.4) is 0 Å². The molecule has 0 saturated carbocycles. The summed E-state index contributed by atoms with van der Waals surface area (Å²) < 4.78 is 7.73. The molecule has 1 aromatic heterocycles. The molecule has 0 aliphatic rings. The van der Waals surface area contributed by atoms with Crippen molar-refractivity contribution in [2.24, 2.45) is 0 Å². The van der Waals surface area contributed by atoms with Gasteiger partial charge in [-0.05, 0) is 44.5 Å². The van der Waals surface area contributed by atoms with Crippen molar-refractivity contribution in [3.63, 3.8) is 0 Å². The van der Waals surface area contributed by atoms with E-state index >= 15 is 0 Å². The molecule has 140 valence electrons. The number of imidazole rings is 1. The predicted molar refractivity (Wildman–Crippen MR) is 104 cm³/mol. The Balaban J connectivity index is 1.46. The third-order valence-corrected chi connectivity index (χ3v) is 4.33. The molecule has 1 atom stereocenters. The fourth-order valence-corrected chi connectivity index (χ4v) is 2.84. The predicted octanol–water partition coefficient (Wildman–Crippen LogP) is 3.21. The van der Waals surface area contributed by atoms with Crippen LogP contribution in [-0.2, 0) is 11.3 Å². The van der Waals surface area contributed by atoms with Gasteiger partial charge < -0.3 is 14.6 Å². The summed E-state index contributed by atoms with van der Waals surface area (Å²) in [6, 6.07) is 14.8. The third kappa shape index (κ3) is 4.73. The number of ether oxygens (including phenoxy) is 1. The van der Waals surface area contributed by atoms with Crippen LogP contribution in [0.2, 0.25) is 0 Å². The van der Waals surface area contributed by atoms with Crippen LogP contribution >= 0.6 is 0 Å². The highest BCUT2D eigenvalue weighted by Crippen LogP contribution is 2.15. The van der Waals surface area contributed by atoms with Gasteiger partial charge in [0.2, 0.25) is 0 Å². The second kappa shape index (κ2) is 8.49. The highest BCUT2D eigenvalue weighted by atomic mass is 16.5. The Morgan fingerprint density at radius 2 is 2.00 bits per heavy atom. The first-order valence-corrected chi connectivity index (χ1v) is 9.00. The number of hydrogen-bond acceptors (Lipinski definition) is 4. The minimum absolute atomic E-state index is 0.0374. The number of hydrogen-bond donors (Lipinski definition) is 1. The maximum absolute atomic E-state index is 12.2. The zero-order valence-electron chi connectivity index (χ0n) is 15.5. The molecule has 3 rings (SSSR count). The first-order chi connectivity index (χ1) is 13.0. The van der Waals surface area contributed by atoms with Crippen molar-refractivity contribution >= 4 is 22.7 Å². The number of amides is 1. The number of aromatic nitrogens is 2. The van der Waals surface area contributed by atoms with Crippen molar-refractivity contribution in [3.05, 3.63) is 60.4 Å². The van der Waals surface area contributed by atoms with Gasteiger partial charge in [-0.25, -0.2) is 4.98 Å². The summed E-state index contributed by atoms with van der Waals surface area (Å²) in [5.74, 6) is 0.290. The molecule has 2 aromatic carbocycles. The van der Waals surface area contributed by atoms with E-state index in [2.05, 4.69) is 14.9 Å². The molecule has 6 nitrogen and oxygen atoms in total. The number of Topliss-reactive ketones (excluding diaryl/α,β-unsaturated/α-hetero) is 1. The number of aryl methyl sites for hydroxylation is 1. The quantitative estimate of drug-likeness (QED) is 0.491. The second-order valence-corrected chi connectivity index (χ2v) is 6.42. The van der Waals surface area contributed by atoms with Crippen LogP contribution in [0.4, 0.5) is 0 Å². The van der Waals surface area contributed by atoms with Crippen molar-refractivity contribution in [3.8, 4) is 5.75 Å². The van der Waals surface area contributed by atoms with Crippen LogP contribution in [0.25, 0.3) is 11.0 Å². The lowest BCUT2D eigenvalue weighted by Gasteiger charge is -2.15. The van der Waals surface area contributed by atoms with Gasteiger partial charge in [-0.3, -0.25) is 9.59 Å². The van der Waals surface area contributed by atoms with Gasteiger partial charge in [0.05, 0.1) is 17.4 Å². The van der Waals surface area contributed by atoms with Crippen LogP contribution in [0.1, 0.15) is 30.6 Å². The molecular weight excluding hydrogens is 342 g/mol. The molecule has 3 aromatic rings. The molecule has 1 amide bonds. The number of ketones is 1. The van der Waals surface area contributed by atoms with Crippen LogP contribution < -0.4 is 10.1 Å². The number of carbonyl (C=O) groups excluding carboxylic acids is 2. The number of rotatable bonds is 8. The lowest BCUT2D eigenvalue weighted by Crippen LogP contribution is -2.37. The summed E-state index contributed by atoms with van der Waals surface area (Å²) in [6.07, 6.45) is 1.97. The second-order valence-electron chi connectivity index (χ2n) is 6.42. The summed E-state index contributed by atoms with van der Waals surface area (Å²) in [7, 11) is 0. The van der Waals surface area contributed by atoms with Gasteiger partial charge in [-0.2, -0.15) is 0 Å². The van der Waals surface area contributed by atoms with E-state index in [-0.39, 0.29) is 11.7 Å². The molecule has 0 fully saturated rings. The van der Waals surface area contributed by atoms with Crippen molar-refractivity contribution in [2.45, 2.75) is 32.9 Å². The zero-order valence-corrected chi connectivity index (χ0v) is 15.5. The van der Waals surface area contributed by atoms with E-state index in [1.165, 1.54) is 6.92 Å². The molecule has 0 bridgehead atoms. The van der Waals surface area contributed by atoms with Gasteiger partial charge in [0, 0.05) is 18.7 Å². The van der Waals surface area contributed by atoms with E-state index in [0.29, 0.717) is 17.9 Å². The van der Waals surface area contributed by atoms with Crippen LogP contribution in [0.5, 0.6) is 5.75 Å². The minimum atomic E-state index is -0.638. The number of para-hydroxylation sites is 2. The Morgan fingerprint density at radius 3 is 2.81 bits per heavy atom. The van der Waals surface area contributed by atoms with Gasteiger partial charge in [0.25, 0.3) is 5.91 Å². The van der Waals surface area contributed by atoms with E-state index in [1.54, 1.807) is 31.2 Å². The first kappa shape index (κ1) is 18.6. The molecular formula is C21H23N3O3. The van der Waals surface area contributed by atoms with E-state index < -0.39 is 6.10 Å². The lowest BCUT2D eigenvalue weighted by molar-refractivity contribution is -0.127. The lowest BCUT2D eigenvalue weighted by atomic mass is 10.1. The first-order valence-electron chi connectivity index (χ1n) is 9.00. The van der Waals surface area contributed by atoms with Crippen molar-refractivity contribution in [1.29, 1.82) is 0 Å². The van der Waals surface area contributed by atoms with Crippen LogP contribution in [0, 0.1) is 0 Å². The SMILES string of the molecule is CC(=O)c1cccc(OC(C)C(=O)NCCCn2cnc3ccccc32)c1. The summed E-state index contributed by atoms with van der Waals surface area (Å²) in [4.78, 5) is 28.0. The molecule has 0 aliphatic carbocycles. The van der Waals surface area contributed by atoms with Crippen LogP contribution in [-0.4, -0.2) is 33.9 Å². The molecule has 0 radical (unpaired) electrons. The number of benzene rings is 2. The van der Waals surface area contributed by atoms with Gasteiger partial charge >= 0.3 is 0 Å². The molecule has 1 unspecified atom stereocenters. The Morgan fingerprint density at radius 1 is 1.19 bits per heavy atom. The van der Waals surface area contributed by atoms with E-state index in [0.717, 1.165) is 24.0 Å². The van der Waals surface area contributed by atoms with E-state index in [4.69, 9.17) is 4.74 Å². The number of nitrogens with zero attached hydrogens (tertiary/aromatic N) is 2. The third-order valence-electron chi connectivity index (χ3n) is 4.33. The highest BCUT2D eigenvalue weighted by molar-refractivity contribution is 5.94. The van der Waals surface area contributed by atoms with E-state index in [9.17, 15) is 9.59 Å². The van der Waals surface area contributed by atoms with Crippen molar-refractivity contribution in [1.82, 2.24) is 14.9 Å². The van der Waals surface area contributed by atoms with Gasteiger partial charge in [0.1, 0.15) is 5.75 Å². The standard InChI is InChI=1S/C21H23N3O3/c1-15(25)17-7-5-8-18(13-17)27-16(2)21(26)22-11-6-12-24-14-23-19-9-3-4-10-20(19)24/h3-5,7-10,13-14,16H,6,11-12H2,1-2H3,(H,22,26). The van der Waals surface area contributed by atoms with Gasteiger partial charge in [0.15, 0.2) is 11.9 Å². The molecule has 0 aliphatic heterocycles. The monoisotopic (exact) mass is 365 g/mol. The topological polar surface area (TPSA) is 73.2 Å². The summed E-state index contributed by atoms with van der Waals surface area (Å²) >= 11 is 0. The van der Waals surface area contributed by atoms with Crippen molar-refractivity contribution < 1.29 is 14.3 Å². The Hall–Kier alpha value is -3.15. The van der Waals surface area contributed by atoms with Crippen molar-refractivity contribution in [2.75, 3.05) is 6.54 Å². The Bertz CT molecular complexity index is 949. The largest absolute Gasteiger partial charge is 0.481 e. The van der Waals surface area contributed by atoms with E-state index in [1.807, 2.05) is 30.6 Å². The average molecular weight is 365 g/mol. The summed E-state index contributed by atoms with van der Waals surface area (Å²) in [5, 5.41) is 2.89. The summed E-state index contributed by atoms with van der Waals surface area (Å²) in [6.45, 7) is 4.51. The Kier molecular flexibility index (Phi) is 5.86. The normalized spacial score (nSPS) is 11.9. The Labute approximate surface area is 158 Å². The molecule has 1 heterocycles. The number of nitrogens with one attached hydrogen (secondary N) is 1. The molecule has 1 N–H and O–H groups in total. The average Bonchev–Trinajstić information content (AvgIpc) is 3.08. The highest BCUT2D eigenvalue weighted by Gasteiger charge is 2.14. The number of carbonyl (C=O) groups is 2. The number of fused-ring (bicyclic) bond motifs is 1. The zero-order chi connectivity index (χ0) is 19.2.